The van der Waals surface area contributed by atoms with Gasteiger partial charge in [0.05, 0.1) is 32.5 Å². The van der Waals surface area contributed by atoms with Gasteiger partial charge in [0.15, 0.2) is 0 Å². The molecule has 3 saturated heterocycles. The van der Waals surface area contributed by atoms with Crippen molar-refractivity contribution in [3.8, 4) is 0 Å². The fraction of sp³-hybridized carbons (Fsp3) is 0.778. The molecule has 1 aromatic heterocycles. The number of fused-ring (bicyclic) bond motifs is 1. The SMILES string of the molecule is Cc1ccc(CN2C[C@@H](OCC3CCOCC3)[C@@H]3COC[C@@H]32)o1. The summed E-state index contributed by atoms with van der Waals surface area (Å²) < 4.78 is 23.2. The summed E-state index contributed by atoms with van der Waals surface area (Å²) in [5.74, 6) is 3.18. The normalized spacial score (nSPS) is 32.5. The van der Waals surface area contributed by atoms with E-state index >= 15 is 0 Å². The lowest BCUT2D eigenvalue weighted by Crippen LogP contribution is -2.32. The van der Waals surface area contributed by atoms with Gasteiger partial charge in [0.25, 0.3) is 0 Å². The van der Waals surface area contributed by atoms with E-state index < -0.39 is 0 Å². The van der Waals surface area contributed by atoms with Crippen LogP contribution in [0.15, 0.2) is 16.5 Å². The quantitative estimate of drug-likeness (QED) is 0.832. The second-order valence-corrected chi connectivity index (χ2v) is 7.14. The van der Waals surface area contributed by atoms with Crippen LogP contribution < -0.4 is 0 Å². The first-order chi connectivity index (χ1) is 11.3. The first-order valence-electron chi connectivity index (χ1n) is 8.86. The summed E-state index contributed by atoms with van der Waals surface area (Å²) in [6, 6.07) is 4.59. The van der Waals surface area contributed by atoms with Crippen molar-refractivity contribution in [1.82, 2.24) is 4.90 Å². The van der Waals surface area contributed by atoms with Crippen LogP contribution in [0.2, 0.25) is 0 Å². The zero-order valence-corrected chi connectivity index (χ0v) is 13.9. The minimum absolute atomic E-state index is 0.293. The van der Waals surface area contributed by atoms with Gasteiger partial charge in [0.2, 0.25) is 0 Å². The molecule has 128 valence electrons. The summed E-state index contributed by atoms with van der Waals surface area (Å²) in [5.41, 5.74) is 0. The maximum Gasteiger partial charge on any atom is 0.118 e. The van der Waals surface area contributed by atoms with E-state index in [-0.39, 0.29) is 0 Å². The van der Waals surface area contributed by atoms with Crippen LogP contribution in [0.1, 0.15) is 24.4 Å². The molecule has 3 atom stereocenters. The molecule has 0 aliphatic carbocycles. The van der Waals surface area contributed by atoms with Crippen molar-refractivity contribution < 1.29 is 18.6 Å². The zero-order valence-electron chi connectivity index (χ0n) is 13.9. The van der Waals surface area contributed by atoms with Crippen molar-refractivity contribution in [3.63, 3.8) is 0 Å². The Balaban J connectivity index is 1.34. The van der Waals surface area contributed by atoms with E-state index in [1.54, 1.807) is 0 Å². The van der Waals surface area contributed by atoms with Gasteiger partial charge < -0.3 is 18.6 Å². The molecule has 5 nitrogen and oxygen atoms in total. The average molecular weight is 321 g/mol. The van der Waals surface area contributed by atoms with Crippen LogP contribution in [0, 0.1) is 18.8 Å². The van der Waals surface area contributed by atoms with Crippen molar-refractivity contribution >= 4 is 0 Å². The fourth-order valence-corrected chi connectivity index (χ4v) is 4.09. The largest absolute Gasteiger partial charge is 0.465 e. The fourth-order valence-electron chi connectivity index (χ4n) is 4.09. The van der Waals surface area contributed by atoms with Crippen LogP contribution in [0.3, 0.4) is 0 Å². The third-order valence-corrected chi connectivity index (χ3v) is 5.50. The number of likely N-dealkylation sites (tertiary alicyclic amines) is 1. The van der Waals surface area contributed by atoms with Gasteiger partial charge in [-0.3, -0.25) is 4.90 Å². The Morgan fingerprint density at radius 3 is 2.83 bits per heavy atom. The molecule has 0 N–H and O–H groups in total. The number of aryl methyl sites for hydroxylation is 1. The molecule has 3 fully saturated rings. The summed E-state index contributed by atoms with van der Waals surface area (Å²) in [6.07, 6.45) is 2.56. The number of rotatable bonds is 5. The molecule has 0 amide bonds. The van der Waals surface area contributed by atoms with Crippen LogP contribution in [0.25, 0.3) is 0 Å². The minimum atomic E-state index is 0.293. The van der Waals surface area contributed by atoms with Crippen LogP contribution in [-0.2, 0) is 20.8 Å². The second kappa shape index (κ2) is 6.93. The van der Waals surface area contributed by atoms with Crippen molar-refractivity contribution in [1.29, 1.82) is 0 Å². The summed E-state index contributed by atoms with van der Waals surface area (Å²) in [5, 5.41) is 0. The highest BCUT2D eigenvalue weighted by atomic mass is 16.5. The lowest BCUT2D eigenvalue weighted by atomic mass is 10.00. The Morgan fingerprint density at radius 1 is 1.17 bits per heavy atom. The molecule has 0 unspecified atom stereocenters. The minimum Gasteiger partial charge on any atom is -0.465 e. The molecule has 1 aromatic rings. The Kier molecular flexibility index (Phi) is 4.71. The molecule has 0 bridgehead atoms. The first kappa shape index (κ1) is 15.6. The van der Waals surface area contributed by atoms with E-state index in [2.05, 4.69) is 11.0 Å². The molecule has 0 saturated carbocycles. The topological polar surface area (TPSA) is 44.1 Å². The molecule has 0 aromatic carbocycles. The van der Waals surface area contributed by atoms with Crippen molar-refractivity contribution in [2.45, 2.75) is 38.5 Å². The van der Waals surface area contributed by atoms with Crippen molar-refractivity contribution in [2.75, 3.05) is 39.6 Å². The number of hydrogen-bond acceptors (Lipinski definition) is 5. The van der Waals surface area contributed by atoms with Gasteiger partial charge in [-0.05, 0) is 37.8 Å². The van der Waals surface area contributed by atoms with Crippen LogP contribution in [-0.4, -0.2) is 56.6 Å². The van der Waals surface area contributed by atoms with Gasteiger partial charge in [-0.25, -0.2) is 0 Å². The van der Waals surface area contributed by atoms with E-state index in [1.165, 1.54) is 0 Å². The molecule has 3 aliphatic heterocycles. The third-order valence-electron chi connectivity index (χ3n) is 5.50. The molecule has 4 heterocycles. The highest BCUT2D eigenvalue weighted by Crippen LogP contribution is 2.34. The lowest BCUT2D eigenvalue weighted by Gasteiger charge is -2.25. The van der Waals surface area contributed by atoms with Crippen LogP contribution in [0.5, 0.6) is 0 Å². The molecule has 0 radical (unpaired) electrons. The summed E-state index contributed by atoms with van der Waals surface area (Å²) in [4.78, 5) is 2.48. The molecular formula is C18H27NO4. The summed E-state index contributed by atoms with van der Waals surface area (Å²) in [7, 11) is 0. The smallest absolute Gasteiger partial charge is 0.118 e. The van der Waals surface area contributed by atoms with Gasteiger partial charge >= 0.3 is 0 Å². The van der Waals surface area contributed by atoms with Gasteiger partial charge in [-0.15, -0.1) is 0 Å². The second-order valence-electron chi connectivity index (χ2n) is 7.14. The maximum absolute atomic E-state index is 6.32. The number of hydrogen-bond donors (Lipinski definition) is 0. The summed E-state index contributed by atoms with van der Waals surface area (Å²) in [6.45, 7) is 8.13. The lowest BCUT2D eigenvalue weighted by molar-refractivity contribution is -0.0260. The molecule has 0 spiro atoms. The standard InChI is InChI=1S/C18H27NO4/c1-13-2-3-15(23-13)8-19-9-18(16-11-21-12-17(16)19)22-10-14-4-6-20-7-5-14/h2-3,14,16-18H,4-12H2,1H3/t16-,17+,18-/m1/s1. The van der Waals surface area contributed by atoms with Crippen LogP contribution >= 0.6 is 0 Å². The zero-order chi connectivity index (χ0) is 15.6. The van der Waals surface area contributed by atoms with Gasteiger partial charge in [0, 0.05) is 31.7 Å². The molecular weight excluding hydrogens is 294 g/mol. The van der Waals surface area contributed by atoms with E-state index in [9.17, 15) is 0 Å². The molecule has 3 aliphatic rings. The highest BCUT2D eigenvalue weighted by Gasteiger charge is 2.46. The van der Waals surface area contributed by atoms with Gasteiger partial charge in [-0.1, -0.05) is 0 Å². The van der Waals surface area contributed by atoms with E-state index in [4.69, 9.17) is 18.6 Å². The van der Waals surface area contributed by atoms with Crippen LogP contribution in [0.4, 0.5) is 0 Å². The Bertz CT molecular complexity index is 511. The average Bonchev–Trinajstić information content (AvgIpc) is 3.26. The van der Waals surface area contributed by atoms with Gasteiger partial charge in [-0.2, -0.15) is 0 Å². The van der Waals surface area contributed by atoms with Crippen molar-refractivity contribution in [2.24, 2.45) is 11.8 Å². The van der Waals surface area contributed by atoms with E-state index in [0.29, 0.717) is 24.0 Å². The van der Waals surface area contributed by atoms with E-state index in [1.807, 2.05) is 13.0 Å². The summed E-state index contributed by atoms with van der Waals surface area (Å²) >= 11 is 0. The maximum atomic E-state index is 6.32. The molecule has 4 rings (SSSR count). The molecule has 5 heteroatoms. The predicted molar refractivity (Wildman–Crippen MR) is 85.2 cm³/mol. The third kappa shape index (κ3) is 3.48. The molecule has 23 heavy (non-hydrogen) atoms. The number of ether oxygens (including phenoxy) is 3. The predicted octanol–water partition coefficient (Wildman–Crippen LogP) is 2.23. The number of nitrogens with zero attached hydrogens (tertiary/aromatic N) is 1. The Labute approximate surface area is 137 Å². The monoisotopic (exact) mass is 321 g/mol. The van der Waals surface area contributed by atoms with Crippen molar-refractivity contribution in [3.05, 3.63) is 23.7 Å². The first-order valence-corrected chi connectivity index (χ1v) is 8.86. The Hall–Kier alpha value is -0.880. The van der Waals surface area contributed by atoms with E-state index in [0.717, 1.165) is 70.5 Å². The number of furan rings is 1. The Morgan fingerprint density at radius 2 is 2.04 bits per heavy atom. The van der Waals surface area contributed by atoms with Gasteiger partial charge in [0.1, 0.15) is 11.5 Å². The highest BCUT2D eigenvalue weighted by molar-refractivity contribution is 5.07.